The summed E-state index contributed by atoms with van der Waals surface area (Å²) in [5, 5.41) is 8.73. The van der Waals surface area contributed by atoms with Crippen molar-refractivity contribution in [3.05, 3.63) is 54.1 Å². The highest BCUT2D eigenvalue weighted by atomic mass is 16.5. The first-order chi connectivity index (χ1) is 12.5. The van der Waals surface area contributed by atoms with Crippen LogP contribution in [0.4, 0.5) is 11.4 Å². The summed E-state index contributed by atoms with van der Waals surface area (Å²) >= 11 is 0. The first-order valence-corrected chi connectivity index (χ1v) is 8.52. The largest absolute Gasteiger partial charge is 0.497 e. The fourth-order valence-electron chi connectivity index (χ4n) is 2.23. The van der Waals surface area contributed by atoms with Crippen molar-refractivity contribution < 1.29 is 14.3 Å². The molecule has 0 spiro atoms. The highest BCUT2D eigenvalue weighted by Gasteiger charge is 2.08. The van der Waals surface area contributed by atoms with Gasteiger partial charge in [-0.25, -0.2) is 0 Å². The molecule has 6 nitrogen and oxygen atoms in total. The molecule has 0 aromatic heterocycles. The highest BCUT2D eigenvalue weighted by Crippen LogP contribution is 2.16. The Hall–Kier alpha value is -2.86. The van der Waals surface area contributed by atoms with Crippen molar-refractivity contribution in [1.29, 1.82) is 0 Å². The highest BCUT2D eigenvalue weighted by molar-refractivity contribution is 5.95. The molecule has 2 amide bonds. The minimum Gasteiger partial charge on any atom is -0.497 e. The lowest BCUT2D eigenvalue weighted by molar-refractivity contribution is -0.119. The van der Waals surface area contributed by atoms with Crippen molar-refractivity contribution in [3.8, 4) is 5.75 Å². The van der Waals surface area contributed by atoms with E-state index in [1.54, 1.807) is 31.4 Å². The van der Waals surface area contributed by atoms with Crippen LogP contribution < -0.4 is 20.7 Å². The molecule has 2 rings (SSSR count). The molecule has 0 aliphatic rings. The Morgan fingerprint density at radius 3 is 2.27 bits per heavy atom. The molecule has 0 fully saturated rings. The van der Waals surface area contributed by atoms with E-state index in [0.29, 0.717) is 17.9 Å². The average Bonchev–Trinajstić information content (AvgIpc) is 2.62. The molecular formula is C20H25N3O3. The van der Waals surface area contributed by atoms with Crippen LogP contribution in [-0.4, -0.2) is 25.5 Å². The molecule has 0 atom stereocenters. The van der Waals surface area contributed by atoms with E-state index >= 15 is 0 Å². The molecule has 0 radical (unpaired) electrons. The molecular weight excluding hydrogens is 330 g/mol. The molecule has 0 aliphatic heterocycles. The summed E-state index contributed by atoms with van der Waals surface area (Å²) in [4.78, 5) is 23.8. The van der Waals surface area contributed by atoms with E-state index in [0.717, 1.165) is 11.3 Å². The zero-order valence-electron chi connectivity index (χ0n) is 15.3. The number of carbonyl (C=O) groups excluding carboxylic acids is 2. The number of nitrogens with one attached hydrogen (secondary N) is 3. The van der Waals surface area contributed by atoms with Crippen LogP contribution in [0.2, 0.25) is 0 Å². The molecule has 0 bridgehead atoms. The van der Waals surface area contributed by atoms with Gasteiger partial charge in [-0.05, 0) is 35.9 Å². The van der Waals surface area contributed by atoms with Crippen molar-refractivity contribution in [3.63, 3.8) is 0 Å². The number of hydrogen-bond donors (Lipinski definition) is 3. The normalized spacial score (nSPS) is 10.5. The molecule has 0 heterocycles. The number of amides is 2. The minimum absolute atomic E-state index is 0.0605. The van der Waals surface area contributed by atoms with Gasteiger partial charge in [0.1, 0.15) is 5.75 Å². The van der Waals surface area contributed by atoms with E-state index in [4.69, 9.17) is 4.74 Å². The fourth-order valence-corrected chi connectivity index (χ4v) is 2.23. The van der Waals surface area contributed by atoms with Gasteiger partial charge in [0.2, 0.25) is 11.8 Å². The van der Waals surface area contributed by atoms with E-state index in [-0.39, 0.29) is 24.3 Å². The van der Waals surface area contributed by atoms with Crippen LogP contribution in [0.15, 0.2) is 48.5 Å². The summed E-state index contributed by atoms with van der Waals surface area (Å²) in [5.41, 5.74) is 2.37. The Balaban J connectivity index is 1.80. The molecule has 0 saturated carbocycles. The Kier molecular flexibility index (Phi) is 7.17. The second kappa shape index (κ2) is 9.58. The molecule has 0 unspecified atom stereocenters. The molecule has 0 saturated heterocycles. The van der Waals surface area contributed by atoms with E-state index in [1.165, 1.54) is 0 Å². The van der Waals surface area contributed by atoms with Crippen molar-refractivity contribution in [2.75, 3.05) is 24.3 Å². The number of ether oxygens (including phenoxy) is 1. The van der Waals surface area contributed by atoms with Gasteiger partial charge in [-0.1, -0.05) is 32.0 Å². The molecule has 138 valence electrons. The van der Waals surface area contributed by atoms with Gasteiger partial charge >= 0.3 is 0 Å². The smallest absolute Gasteiger partial charge is 0.238 e. The molecule has 0 aliphatic carbocycles. The zero-order valence-corrected chi connectivity index (χ0v) is 15.3. The molecule has 2 aromatic carbocycles. The lowest BCUT2D eigenvalue weighted by Gasteiger charge is -2.11. The van der Waals surface area contributed by atoms with Gasteiger partial charge < -0.3 is 20.7 Å². The monoisotopic (exact) mass is 355 g/mol. The number of methoxy groups -OCH3 is 1. The van der Waals surface area contributed by atoms with Gasteiger partial charge in [-0.3, -0.25) is 9.59 Å². The Labute approximate surface area is 153 Å². The quantitative estimate of drug-likeness (QED) is 0.680. The topological polar surface area (TPSA) is 79.5 Å². The van der Waals surface area contributed by atoms with Crippen LogP contribution in [0, 0.1) is 5.92 Å². The van der Waals surface area contributed by atoms with Crippen molar-refractivity contribution >= 4 is 23.2 Å². The first-order valence-electron chi connectivity index (χ1n) is 8.52. The maximum Gasteiger partial charge on any atom is 0.238 e. The van der Waals surface area contributed by atoms with E-state index in [9.17, 15) is 9.59 Å². The fraction of sp³-hybridized carbons (Fsp3) is 0.300. The predicted molar refractivity (Wildman–Crippen MR) is 103 cm³/mol. The summed E-state index contributed by atoms with van der Waals surface area (Å²) in [6.07, 6.45) is 0. The molecule has 2 aromatic rings. The van der Waals surface area contributed by atoms with Gasteiger partial charge in [0.05, 0.1) is 13.7 Å². The minimum atomic E-state index is -0.147. The van der Waals surface area contributed by atoms with Crippen molar-refractivity contribution in [2.45, 2.75) is 20.4 Å². The van der Waals surface area contributed by atoms with Crippen LogP contribution in [0.1, 0.15) is 19.4 Å². The average molecular weight is 355 g/mol. The predicted octanol–water partition coefficient (Wildman–Crippen LogP) is 3.02. The van der Waals surface area contributed by atoms with Crippen LogP contribution in [-0.2, 0) is 16.1 Å². The summed E-state index contributed by atoms with van der Waals surface area (Å²) in [7, 11) is 1.63. The lowest BCUT2D eigenvalue weighted by atomic mass is 10.2. The van der Waals surface area contributed by atoms with Crippen LogP contribution in [0.3, 0.4) is 0 Å². The van der Waals surface area contributed by atoms with Crippen LogP contribution in [0.5, 0.6) is 5.75 Å². The third kappa shape index (κ3) is 6.22. The summed E-state index contributed by atoms with van der Waals surface area (Å²) in [5.74, 6) is 0.492. The van der Waals surface area contributed by atoms with Gasteiger partial charge in [-0.15, -0.1) is 0 Å². The van der Waals surface area contributed by atoms with Gasteiger partial charge in [-0.2, -0.15) is 0 Å². The SMILES string of the molecule is COc1ccc(CNCC(=O)Nc2cccc(NC(=O)C(C)C)c2)cc1. The Morgan fingerprint density at radius 2 is 1.65 bits per heavy atom. The summed E-state index contributed by atoms with van der Waals surface area (Å²) < 4.78 is 5.11. The summed E-state index contributed by atoms with van der Waals surface area (Å²) in [6.45, 7) is 4.43. The van der Waals surface area contributed by atoms with E-state index in [2.05, 4.69) is 16.0 Å². The van der Waals surface area contributed by atoms with Crippen molar-refractivity contribution in [1.82, 2.24) is 5.32 Å². The van der Waals surface area contributed by atoms with Gasteiger partial charge in [0.15, 0.2) is 0 Å². The Bertz CT molecular complexity index is 742. The molecule has 3 N–H and O–H groups in total. The lowest BCUT2D eigenvalue weighted by Crippen LogP contribution is -2.27. The number of hydrogen-bond acceptors (Lipinski definition) is 4. The number of anilines is 2. The Morgan fingerprint density at radius 1 is 1.00 bits per heavy atom. The number of rotatable bonds is 8. The van der Waals surface area contributed by atoms with Crippen molar-refractivity contribution in [2.24, 2.45) is 5.92 Å². The maximum atomic E-state index is 12.1. The second-order valence-electron chi connectivity index (χ2n) is 6.22. The van der Waals surface area contributed by atoms with Gasteiger partial charge in [0, 0.05) is 23.8 Å². The standard InChI is InChI=1S/C20H25N3O3/c1-14(2)20(25)23-17-6-4-5-16(11-17)22-19(24)13-21-12-15-7-9-18(26-3)10-8-15/h4-11,14,21H,12-13H2,1-3H3,(H,22,24)(H,23,25). The maximum absolute atomic E-state index is 12.1. The zero-order chi connectivity index (χ0) is 18.9. The molecule has 26 heavy (non-hydrogen) atoms. The first kappa shape index (κ1) is 19.5. The van der Waals surface area contributed by atoms with Crippen LogP contribution >= 0.6 is 0 Å². The third-order valence-electron chi connectivity index (χ3n) is 3.71. The van der Waals surface area contributed by atoms with Gasteiger partial charge in [0.25, 0.3) is 0 Å². The van der Waals surface area contributed by atoms with E-state index in [1.807, 2.05) is 38.1 Å². The second-order valence-corrected chi connectivity index (χ2v) is 6.22. The number of carbonyl (C=O) groups is 2. The molecule has 6 heteroatoms. The van der Waals surface area contributed by atoms with E-state index < -0.39 is 0 Å². The van der Waals surface area contributed by atoms with Crippen LogP contribution in [0.25, 0.3) is 0 Å². The summed E-state index contributed by atoms with van der Waals surface area (Å²) in [6, 6.07) is 14.8. The third-order valence-corrected chi connectivity index (χ3v) is 3.71. The number of benzene rings is 2.